The molecule has 0 saturated carbocycles. The van der Waals surface area contributed by atoms with Gasteiger partial charge >= 0.3 is 0 Å². The Morgan fingerprint density at radius 2 is 1.70 bits per heavy atom. The van der Waals surface area contributed by atoms with Crippen molar-refractivity contribution in [2.24, 2.45) is 0 Å². The van der Waals surface area contributed by atoms with Gasteiger partial charge in [-0.25, -0.2) is 9.50 Å². The maximum atomic E-state index is 4.88. The molecule has 0 amide bonds. The predicted octanol–water partition coefficient (Wildman–Crippen LogP) is 4.24. The first kappa shape index (κ1) is 13.9. The number of para-hydroxylation sites is 1. The van der Waals surface area contributed by atoms with Crippen LogP contribution in [0.5, 0.6) is 0 Å². The van der Waals surface area contributed by atoms with Crippen molar-refractivity contribution in [2.75, 3.05) is 0 Å². The van der Waals surface area contributed by atoms with Crippen molar-refractivity contribution in [1.82, 2.24) is 19.6 Å². The molecule has 0 saturated heterocycles. The predicted molar refractivity (Wildman–Crippen MR) is 92.4 cm³/mol. The Morgan fingerprint density at radius 3 is 2.43 bits per heavy atom. The van der Waals surface area contributed by atoms with Gasteiger partial charge in [-0.05, 0) is 18.2 Å². The maximum absolute atomic E-state index is 4.88. The van der Waals surface area contributed by atoms with Crippen molar-refractivity contribution < 1.29 is 0 Å². The van der Waals surface area contributed by atoms with Crippen LogP contribution in [0.15, 0.2) is 54.9 Å². The number of hydrogen-bond donors (Lipinski definition) is 0. The van der Waals surface area contributed by atoms with Gasteiger partial charge in [0.05, 0.1) is 16.9 Å². The largest absolute Gasteiger partial charge is 0.265 e. The van der Waals surface area contributed by atoms with E-state index in [9.17, 15) is 0 Å². The lowest BCUT2D eigenvalue weighted by Gasteiger charge is -2.13. The van der Waals surface area contributed by atoms with E-state index < -0.39 is 0 Å². The van der Waals surface area contributed by atoms with Gasteiger partial charge in [0.15, 0.2) is 5.65 Å². The van der Waals surface area contributed by atoms with E-state index in [-0.39, 0.29) is 5.41 Å². The van der Waals surface area contributed by atoms with Gasteiger partial charge < -0.3 is 0 Å². The molecule has 0 spiro atoms. The van der Waals surface area contributed by atoms with Crippen LogP contribution in [0.1, 0.15) is 26.5 Å². The maximum Gasteiger partial charge on any atom is 0.156 e. The highest BCUT2D eigenvalue weighted by molar-refractivity contribution is 5.94. The second-order valence-corrected chi connectivity index (χ2v) is 6.76. The number of benzene rings is 1. The molecule has 0 aliphatic carbocycles. The number of pyridine rings is 1. The highest BCUT2D eigenvalue weighted by atomic mass is 15.3. The summed E-state index contributed by atoms with van der Waals surface area (Å²) in [5, 5.41) is 5.88. The minimum atomic E-state index is -0.00830. The fourth-order valence-corrected chi connectivity index (χ4v) is 2.76. The second kappa shape index (κ2) is 4.88. The first-order valence-electron chi connectivity index (χ1n) is 7.73. The average molecular weight is 302 g/mol. The van der Waals surface area contributed by atoms with Crippen LogP contribution in [-0.4, -0.2) is 19.6 Å². The Morgan fingerprint density at radius 1 is 0.957 bits per heavy atom. The third kappa shape index (κ3) is 2.27. The highest BCUT2D eigenvalue weighted by Crippen LogP contribution is 2.29. The molecule has 0 aliphatic heterocycles. The molecular weight excluding hydrogens is 284 g/mol. The van der Waals surface area contributed by atoms with Crippen LogP contribution in [0.4, 0.5) is 0 Å². The Hall–Kier alpha value is -2.75. The topological polar surface area (TPSA) is 43.1 Å². The van der Waals surface area contributed by atoms with Crippen LogP contribution in [0.2, 0.25) is 0 Å². The number of nitrogens with zero attached hydrogens (tertiary/aromatic N) is 4. The van der Waals surface area contributed by atoms with Crippen molar-refractivity contribution >= 4 is 16.6 Å². The van der Waals surface area contributed by atoms with Crippen LogP contribution < -0.4 is 0 Å². The van der Waals surface area contributed by atoms with Crippen molar-refractivity contribution in [3.05, 3.63) is 60.6 Å². The Kier molecular flexibility index (Phi) is 2.94. The summed E-state index contributed by atoms with van der Waals surface area (Å²) in [5.74, 6) is 0. The zero-order valence-corrected chi connectivity index (χ0v) is 13.5. The lowest BCUT2D eigenvalue weighted by atomic mass is 9.93. The van der Waals surface area contributed by atoms with Crippen LogP contribution in [0, 0.1) is 0 Å². The fraction of sp³-hybridized carbons (Fsp3) is 0.211. The summed E-state index contributed by atoms with van der Waals surface area (Å²) in [7, 11) is 0. The summed E-state index contributed by atoms with van der Waals surface area (Å²) in [6.45, 7) is 6.50. The van der Waals surface area contributed by atoms with Crippen LogP contribution >= 0.6 is 0 Å². The number of hydrogen-bond acceptors (Lipinski definition) is 3. The summed E-state index contributed by atoms with van der Waals surface area (Å²) in [6, 6.07) is 14.3. The smallest absolute Gasteiger partial charge is 0.156 e. The van der Waals surface area contributed by atoms with Gasteiger partial charge in [0.2, 0.25) is 0 Å². The van der Waals surface area contributed by atoms with Crippen molar-refractivity contribution in [3.8, 4) is 11.3 Å². The molecule has 1 aromatic carbocycles. The zero-order valence-electron chi connectivity index (χ0n) is 13.5. The number of fused-ring (bicyclic) bond motifs is 3. The summed E-state index contributed by atoms with van der Waals surface area (Å²) in [4.78, 5) is 8.98. The first-order chi connectivity index (χ1) is 11.0. The molecule has 23 heavy (non-hydrogen) atoms. The summed E-state index contributed by atoms with van der Waals surface area (Å²) >= 11 is 0. The molecule has 0 atom stereocenters. The van der Waals surface area contributed by atoms with Gasteiger partial charge in [0.1, 0.15) is 0 Å². The van der Waals surface area contributed by atoms with E-state index in [1.165, 1.54) is 0 Å². The molecule has 3 aromatic heterocycles. The molecular formula is C19H18N4. The molecule has 0 fully saturated rings. The highest BCUT2D eigenvalue weighted by Gasteiger charge is 2.20. The molecule has 114 valence electrons. The molecule has 0 radical (unpaired) electrons. The SMILES string of the molecule is CC(C)(C)c1cc2nc(-c3ccncc3)c3ccccc3n2n1. The van der Waals surface area contributed by atoms with Gasteiger partial charge in [-0.15, -0.1) is 0 Å². The van der Waals surface area contributed by atoms with Gasteiger partial charge in [-0.3, -0.25) is 4.98 Å². The van der Waals surface area contributed by atoms with Crippen LogP contribution in [0.25, 0.3) is 27.8 Å². The van der Waals surface area contributed by atoms with E-state index >= 15 is 0 Å². The van der Waals surface area contributed by atoms with E-state index in [4.69, 9.17) is 10.1 Å². The van der Waals surface area contributed by atoms with Gasteiger partial charge in [-0.2, -0.15) is 5.10 Å². The Labute approximate surface area is 134 Å². The monoisotopic (exact) mass is 302 g/mol. The minimum absolute atomic E-state index is 0.00830. The minimum Gasteiger partial charge on any atom is -0.265 e. The molecule has 0 aliphatic rings. The first-order valence-corrected chi connectivity index (χ1v) is 7.73. The molecule has 4 heteroatoms. The average Bonchev–Trinajstić information content (AvgIpc) is 2.99. The zero-order chi connectivity index (χ0) is 16.0. The lowest BCUT2D eigenvalue weighted by Crippen LogP contribution is -2.11. The molecule has 0 unspecified atom stereocenters. The second-order valence-electron chi connectivity index (χ2n) is 6.76. The van der Waals surface area contributed by atoms with Gasteiger partial charge in [0, 0.05) is 34.8 Å². The molecule has 4 aromatic rings. The van der Waals surface area contributed by atoms with Crippen molar-refractivity contribution in [2.45, 2.75) is 26.2 Å². The van der Waals surface area contributed by atoms with Gasteiger partial charge in [-0.1, -0.05) is 39.0 Å². The molecule has 0 bridgehead atoms. The normalized spacial score (nSPS) is 12.1. The fourth-order valence-electron chi connectivity index (χ4n) is 2.76. The van der Waals surface area contributed by atoms with Crippen molar-refractivity contribution in [3.63, 3.8) is 0 Å². The van der Waals surface area contributed by atoms with E-state index in [1.807, 2.05) is 28.8 Å². The molecule has 4 nitrogen and oxygen atoms in total. The molecule has 0 N–H and O–H groups in total. The van der Waals surface area contributed by atoms with E-state index in [2.05, 4.69) is 44.0 Å². The van der Waals surface area contributed by atoms with Gasteiger partial charge in [0.25, 0.3) is 0 Å². The summed E-state index contributed by atoms with van der Waals surface area (Å²) < 4.78 is 1.95. The quantitative estimate of drug-likeness (QED) is 0.528. The van der Waals surface area contributed by atoms with Crippen molar-refractivity contribution in [1.29, 1.82) is 0 Å². The lowest BCUT2D eigenvalue weighted by molar-refractivity contribution is 0.564. The van der Waals surface area contributed by atoms with E-state index in [1.54, 1.807) is 12.4 Å². The standard InChI is InChI=1S/C19H18N4/c1-19(2,3)16-12-17-21-18(13-8-10-20-11-9-13)14-6-4-5-7-15(14)23(17)22-16/h4-12H,1-3H3. The van der Waals surface area contributed by atoms with E-state index in [0.717, 1.165) is 33.5 Å². The Bertz CT molecular complexity index is 994. The number of aromatic nitrogens is 4. The van der Waals surface area contributed by atoms with E-state index in [0.29, 0.717) is 0 Å². The third-order valence-corrected chi connectivity index (χ3v) is 4.03. The molecule has 3 heterocycles. The summed E-state index contributed by atoms with van der Waals surface area (Å²) in [5.41, 5.74) is 5.02. The summed E-state index contributed by atoms with van der Waals surface area (Å²) in [6.07, 6.45) is 3.60. The Balaban J connectivity index is 2.10. The molecule has 4 rings (SSSR count). The number of rotatable bonds is 1. The van der Waals surface area contributed by atoms with Crippen LogP contribution in [0.3, 0.4) is 0 Å². The third-order valence-electron chi connectivity index (χ3n) is 4.03. The van der Waals surface area contributed by atoms with Crippen LogP contribution in [-0.2, 0) is 5.41 Å².